The molecule has 1 atom stereocenters. The van der Waals surface area contributed by atoms with Gasteiger partial charge in [0.1, 0.15) is 6.23 Å². The Balaban J connectivity index is 3.66. The lowest BCUT2D eigenvalue weighted by Gasteiger charge is -2.26. The number of nitrogens with zero attached hydrogens (tertiary/aromatic N) is 1. The van der Waals surface area contributed by atoms with Crippen molar-refractivity contribution in [2.24, 2.45) is 5.73 Å². The Labute approximate surface area is 204 Å². The van der Waals surface area contributed by atoms with Crippen molar-refractivity contribution in [2.45, 2.75) is 148 Å². The molecule has 0 aromatic carbocycles. The predicted molar refractivity (Wildman–Crippen MR) is 137 cm³/mol. The number of primary amides is 1. The van der Waals surface area contributed by atoms with Crippen molar-refractivity contribution in [3.8, 4) is 0 Å². The van der Waals surface area contributed by atoms with Crippen LogP contribution in [0.1, 0.15) is 142 Å². The molecule has 0 aliphatic rings. The van der Waals surface area contributed by atoms with Crippen molar-refractivity contribution in [1.82, 2.24) is 4.90 Å². The topological polar surface area (TPSA) is 92.9 Å². The highest BCUT2D eigenvalue weighted by atomic mass is 16.5. The Morgan fingerprint density at radius 2 is 1.21 bits per heavy atom. The molecule has 0 saturated carbocycles. The normalized spacial score (nSPS) is 12.0. The van der Waals surface area contributed by atoms with Gasteiger partial charge >= 0.3 is 12.0 Å². The highest BCUT2D eigenvalue weighted by Crippen LogP contribution is 2.13. The molecule has 0 aromatic heterocycles. The molecule has 3 N–H and O–H groups in total. The summed E-state index contributed by atoms with van der Waals surface area (Å²) in [6, 6.07) is -0.557. The van der Waals surface area contributed by atoms with E-state index in [0.29, 0.717) is 26.0 Å². The number of rotatable bonds is 24. The average Bonchev–Trinajstić information content (AvgIpc) is 2.79. The Bertz CT molecular complexity index is 459. The summed E-state index contributed by atoms with van der Waals surface area (Å²) in [7, 11) is 0. The van der Waals surface area contributed by atoms with Gasteiger partial charge in [-0.15, -0.1) is 0 Å². The minimum absolute atomic E-state index is 0.105. The molecule has 0 rings (SSSR count). The van der Waals surface area contributed by atoms with E-state index in [1.807, 2.05) is 0 Å². The Morgan fingerprint density at radius 3 is 1.79 bits per heavy atom. The van der Waals surface area contributed by atoms with Gasteiger partial charge in [0.2, 0.25) is 0 Å². The SMILES string of the molecule is CCCCCCCCCCOC(=O)CCCCCCN(C(N)=O)C(O)CCCCCCCC. The highest BCUT2D eigenvalue weighted by Gasteiger charge is 2.18. The van der Waals surface area contributed by atoms with E-state index in [-0.39, 0.29) is 5.97 Å². The number of hydrogen-bond donors (Lipinski definition) is 2. The van der Waals surface area contributed by atoms with Crippen LogP contribution < -0.4 is 5.73 Å². The number of unbranched alkanes of at least 4 members (excludes halogenated alkanes) is 15. The summed E-state index contributed by atoms with van der Waals surface area (Å²) in [5, 5.41) is 10.3. The summed E-state index contributed by atoms with van der Waals surface area (Å²) in [5.74, 6) is -0.105. The van der Waals surface area contributed by atoms with Crippen LogP contribution in [0, 0.1) is 0 Å². The van der Waals surface area contributed by atoms with E-state index in [2.05, 4.69) is 13.8 Å². The summed E-state index contributed by atoms with van der Waals surface area (Å²) < 4.78 is 5.32. The largest absolute Gasteiger partial charge is 0.466 e. The maximum atomic E-state index is 11.8. The fourth-order valence-electron chi connectivity index (χ4n) is 4.07. The molecule has 0 saturated heterocycles. The van der Waals surface area contributed by atoms with Gasteiger partial charge in [-0.05, 0) is 32.1 Å². The number of aliphatic hydroxyl groups is 1. The van der Waals surface area contributed by atoms with Gasteiger partial charge in [-0.2, -0.15) is 0 Å². The molecule has 1 unspecified atom stereocenters. The van der Waals surface area contributed by atoms with Crippen LogP contribution in [0.3, 0.4) is 0 Å². The molecule has 196 valence electrons. The molecule has 33 heavy (non-hydrogen) atoms. The quantitative estimate of drug-likeness (QED) is 0.0896. The van der Waals surface area contributed by atoms with E-state index in [1.165, 1.54) is 69.1 Å². The standard InChI is InChI=1S/C27H54N2O4/c1-3-5-7-9-11-12-16-20-24-33-26(31)22-18-14-15-19-23-29(27(28)32)25(30)21-17-13-10-8-6-4-2/h25,30H,3-24H2,1-2H3,(H2,28,32). The monoisotopic (exact) mass is 470 g/mol. The molecular formula is C27H54N2O4. The molecule has 0 spiro atoms. The van der Waals surface area contributed by atoms with Crippen LogP contribution in [-0.4, -0.2) is 41.4 Å². The van der Waals surface area contributed by atoms with Crippen molar-refractivity contribution in [2.75, 3.05) is 13.2 Å². The fraction of sp³-hybridized carbons (Fsp3) is 0.926. The van der Waals surface area contributed by atoms with Crippen LogP contribution >= 0.6 is 0 Å². The van der Waals surface area contributed by atoms with Crippen LogP contribution in [0.15, 0.2) is 0 Å². The van der Waals surface area contributed by atoms with Gasteiger partial charge in [0.25, 0.3) is 0 Å². The van der Waals surface area contributed by atoms with Gasteiger partial charge in [0, 0.05) is 13.0 Å². The summed E-state index contributed by atoms with van der Waals surface area (Å²) in [6.07, 6.45) is 20.4. The van der Waals surface area contributed by atoms with Gasteiger partial charge in [-0.3, -0.25) is 9.69 Å². The van der Waals surface area contributed by atoms with E-state index >= 15 is 0 Å². The molecule has 2 amide bonds. The average molecular weight is 471 g/mol. The van der Waals surface area contributed by atoms with Gasteiger partial charge in [-0.25, -0.2) is 4.79 Å². The number of esters is 1. The number of amides is 2. The van der Waals surface area contributed by atoms with E-state index in [4.69, 9.17) is 10.5 Å². The van der Waals surface area contributed by atoms with Crippen LogP contribution in [0.5, 0.6) is 0 Å². The van der Waals surface area contributed by atoms with Crippen molar-refractivity contribution in [1.29, 1.82) is 0 Å². The second kappa shape index (κ2) is 23.8. The van der Waals surface area contributed by atoms with E-state index in [0.717, 1.165) is 51.4 Å². The first-order chi connectivity index (χ1) is 16.0. The van der Waals surface area contributed by atoms with Crippen LogP contribution in [-0.2, 0) is 9.53 Å². The van der Waals surface area contributed by atoms with E-state index < -0.39 is 12.3 Å². The van der Waals surface area contributed by atoms with Gasteiger partial charge in [0.15, 0.2) is 0 Å². The molecule has 0 aromatic rings. The van der Waals surface area contributed by atoms with Crippen molar-refractivity contribution in [3.63, 3.8) is 0 Å². The summed E-state index contributed by atoms with van der Waals surface area (Å²) in [6.45, 7) is 5.43. The maximum absolute atomic E-state index is 11.8. The van der Waals surface area contributed by atoms with Crippen LogP contribution in [0.2, 0.25) is 0 Å². The number of ether oxygens (including phenoxy) is 1. The molecule has 6 heteroatoms. The molecule has 0 aliphatic carbocycles. The minimum atomic E-state index is -0.792. The highest BCUT2D eigenvalue weighted by molar-refractivity contribution is 5.72. The van der Waals surface area contributed by atoms with Gasteiger partial charge in [0.05, 0.1) is 6.61 Å². The number of carbonyl (C=O) groups excluding carboxylic acids is 2. The molecule has 0 radical (unpaired) electrons. The lowest BCUT2D eigenvalue weighted by molar-refractivity contribution is -0.143. The van der Waals surface area contributed by atoms with E-state index in [1.54, 1.807) is 0 Å². The van der Waals surface area contributed by atoms with Crippen molar-refractivity contribution >= 4 is 12.0 Å². The zero-order chi connectivity index (χ0) is 24.6. The second-order valence-electron chi connectivity index (χ2n) is 9.43. The first-order valence-corrected chi connectivity index (χ1v) is 13.9. The molecule has 0 fully saturated rings. The fourth-order valence-corrected chi connectivity index (χ4v) is 4.07. The Hall–Kier alpha value is -1.30. The van der Waals surface area contributed by atoms with Gasteiger partial charge in [-0.1, -0.05) is 104 Å². The Kier molecular flexibility index (Phi) is 22.9. The summed E-state index contributed by atoms with van der Waals surface area (Å²) >= 11 is 0. The lowest BCUT2D eigenvalue weighted by Crippen LogP contribution is -2.44. The predicted octanol–water partition coefficient (Wildman–Crippen LogP) is 7.07. The smallest absolute Gasteiger partial charge is 0.316 e. The second-order valence-corrected chi connectivity index (χ2v) is 9.43. The maximum Gasteiger partial charge on any atom is 0.316 e. The third-order valence-corrected chi connectivity index (χ3v) is 6.25. The van der Waals surface area contributed by atoms with Gasteiger partial charge < -0.3 is 15.6 Å². The number of hydrogen-bond acceptors (Lipinski definition) is 4. The number of aliphatic hydroxyl groups excluding tert-OH is 1. The molecular weight excluding hydrogens is 416 g/mol. The number of urea groups is 1. The third-order valence-electron chi connectivity index (χ3n) is 6.25. The van der Waals surface area contributed by atoms with Crippen molar-refractivity contribution in [3.05, 3.63) is 0 Å². The minimum Gasteiger partial charge on any atom is -0.466 e. The molecule has 6 nitrogen and oxygen atoms in total. The van der Waals surface area contributed by atoms with E-state index in [9.17, 15) is 14.7 Å². The third kappa shape index (κ3) is 21.0. The number of carbonyl (C=O) groups is 2. The first-order valence-electron chi connectivity index (χ1n) is 13.9. The van der Waals surface area contributed by atoms with Crippen LogP contribution in [0.4, 0.5) is 4.79 Å². The first kappa shape index (κ1) is 31.7. The zero-order valence-corrected chi connectivity index (χ0v) is 21.8. The summed E-state index contributed by atoms with van der Waals surface area (Å²) in [4.78, 5) is 24.9. The zero-order valence-electron chi connectivity index (χ0n) is 21.8. The summed E-state index contributed by atoms with van der Waals surface area (Å²) in [5.41, 5.74) is 5.46. The molecule has 0 bridgehead atoms. The Morgan fingerprint density at radius 1 is 0.727 bits per heavy atom. The molecule has 0 aliphatic heterocycles. The van der Waals surface area contributed by atoms with Crippen molar-refractivity contribution < 1.29 is 19.4 Å². The lowest BCUT2D eigenvalue weighted by atomic mass is 10.1. The molecule has 0 heterocycles. The van der Waals surface area contributed by atoms with Crippen LogP contribution in [0.25, 0.3) is 0 Å². The number of nitrogens with two attached hydrogens (primary N) is 1.